The molecule has 0 radical (unpaired) electrons. The molecular formula is C11H17ClFN5O. The fourth-order valence-electron chi connectivity index (χ4n) is 1.08. The Kier molecular flexibility index (Phi) is 7.28. The lowest BCUT2D eigenvalue weighted by molar-refractivity contribution is 0.259. The smallest absolute Gasteiger partial charge is 0.255 e. The molecule has 0 heterocycles. The Balaban J connectivity index is 0.00000324. The molecule has 5 N–H and O–H groups in total. The number of hydrogen-bond acceptors (Lipinski definition) is 2. The van der Waals surface area contributed by atoms with E-state index in [-0.39, 0.29) is 36.1 Å². The maximum atomic E-state index is 12.9. The van der Waals surface area contributed by atoms with Crippen molar-refractivity contribution in [2.45, 2.75) is 19.9 Å². The minimum atomic E-state index is -0.404. The van der Waals surface area contributed by atoms with Crippen LogP contribution in [-0.2, 0) is 0 Å². The third-order valence-electron chi connectivity index (χ3n) is 1.67. The van der Waals surface area contributed by atoms with Crippen LogP contribution in [0.5, 0.6) is 5.75 Å². The molecule has 0 atom stereocenters. The normalized spacial score (nSPS) is 10.6. The van der Waals surface area contributed by atoms with Crippen molar-refractivity contribution in [1.29, 1.82) is 0 Å². The zero-order valence-corrected chi connectivity index (χ0v) is 11.4. The number of nitrogens with one attached hydrogen (secondary N) is 1. The van der Waals surface area contributed by atoms with E-state index in [4.69, 9.17) is 16.3 Å². The first kappa shape index (κ1) is 17.0. The van der Waals surface area contributed by atoms with Crippen molar-refractivity contribution in [2.75, 3.05) is 0 Å². The first-order valence-corrected chi connectivity index (χ1v) is 5.33. The van der Waals surface area contributed by atoms with Crippen LogP contribution < -0.4 is 21.8 Å². The molecule has 1 aromatic rings. The molecule has 0 saturated carbocycles. The number of aliphatic imine (C=N–C) groups is 2. The van der Waals surface area contributed by atoms with Crippen molar-refractivity contribution in [3.8, 4) is 5.75 Å². The summed E-state index contributed by atoms with van der Waals surface area (Å²) in [5.74, 6) is -0.144. The zero-order chi connectivity index (χ0) is 13.5. The topological polar surface area (TPSA) is 98.0 Å². The van der Waals surface area contributed by atoms with Crippen LogP contribution >= 0.6 is 12.4 Å². The SMILES string of the molecule is CC(C)N=C(N=C(N)N)NOc1cccc(F)c1.Cl. The van der Waals surface area contributed by atoms with E-state index >= 15 is 0 Å². The van der Waals surface area contributed by atoms with E-state index in [0.29, 0.717) is 0 Å². The molecule has 0 spiro atoms. The van der Waals surface area contributed by atoms with Gasteiger partial charge >= 0.3 is 0 Å². The van der Waals surface area contributed by atoms with Gasteiger partial charge in [-0.1, -0.05) is 6.07 Å². The van der Waals surface area contributed by atoms with Gasteiger partial charge < -0.3 is 16.3 Å². The average molecular weight is 290 g/mol. The van der Waals surface area contributed by atoms with E-state index in [1.165, 1.54) is 18.2 Å². The highest BCUT2D eigenvalue weighted by molar-refractivity contribution is 5.93. The van der Waals surface area contributed by atoms with Crippen LogP contribution in [0.25, 0.3) is 0 Å². The first-order chi connectivity index (χ1) is 8.47. The van der Waals surface area contributed by atoms with Gasteiger partial charge in [0, 0.05) is 12.1 Å². The largest absolute Gasteiger partial charge is 0.379 e. The number of nitrogens with zero attached hydrogens (tertiary/aromatic N) is 2. The van der Waals surface area contributed by atoms with Crippen molar-refractivity contribution in [3.05, 3.63) is 30.1 Å². The predicted molar refractivity (Wildman–Crippen MR) is 75.8 cm³/mol. The number of hydroxylamine groups is 1. The summed E-state index contributed by atoms with van der Waals surface area (Å²) in [6.07, 6.45) is 0. The molecular weight excluding hydrogens is 273 g/mol. The second kappa shape index (κ2) is 8.15. The second-order valence-electron chi connectivity index (χ2n) is 3.74. The number of hydrogen-bond donors (Lipinski definition) is 3. The molecule has 0 amide bonds. The molecule has 19 heavy (non-hydrogen) atoms. The molecule has 0 bridgehead atoms. The van der Waals surface area contributed by atoms with Crippen LogP contribution in [0.4, 0.5) is 4.39 Å². The molecule has 0 unspecified atom stereocenters. The maximum Gasteiger partial charge on any atom is 0.255 e. The van der Waals surface area contributed by atoms with E-state index in [1.54, 1.807) is 6.07 Å². The third-order valence-corrected chi connectivity index (χ3v) is 1.67. The highest BCUT2D eigenvalue weighted by atomic mass is 35.5. The summed E-state index contributed by atoms with van der Waals surface area (Å²) in [7, 11) is 0. The van der Waals surface area contributed by atoms with Crippen molar-refractivity contribution in [1.82, 2.24) is 5.48 Å². The molecule has 0 fully saturated rings. The maximum absolute atomic E-state index is 12.9. The van der Waals surface area contributed by atoms with Crippen LogP contribution in [0.3, 0.4) is 0 Å². The molecule has 0 aliphatic heterocycles. The van der Waals surface area contributed by atoms with Gasteiger partial charge in [-0.05, 0) is 26.0 Å². The number of benzene rings is 1. The second-order valence-corrected chi connectivity index (χ2v) is 3.74. The molecule has 8 heteroatoms. The van der Waals surface area contributed by atoms with E-state index in [2.05, 4.69) is 15.5 Å². The van der Waals surface area contributed by atoms with Crippen LogP contribution in [0.15, 0.2) is 34.3 Å². The third kappa shape index (κ3) is 7.10. The zero-order valence-electron chi connectivity index (χ0n) is 10.6. The van der Waals surface area contributed by atoms with Gasteiger partial charge in [0.1, 0.15) is 5.82 Å². The number of guanidine groups is 2. The summed E-state index contributed by atoms with van der Waals surface area (Å²) in [6.45, 7) is 3.71. The number of halogens is 2. The Morgan fingerprint density at radius 2 is 2.05 bits per heavy atom. The lowest BCUT2D eigenvalue weighted by atomic mass is 10.3. The van der Waals surface area contributed by atoms with Gasteiger partial charge in [-0.2, -0.15) is 10.5 Å². The highest BCUT2D eigenvalue weighted by Gasteiger charge is 2.01. The molecule has 0 saturated heterocycles. The fraction of sp³-hybridized carbons (Fsp3) is 0.273. The van der Waals surface area contributed by atoms with Gasteiger partial charge in [0.15, 0.2) is 11.7 Å². The Bertz CT molecular complexity index is 460. The monoisotopic (exact) mass is 289 g/mol. The summed E-state index contributed by atoms with van der Waals surface area (Å²) in [5.41, 5.74) is 13.0. The van der Waals surface area contributed by atoms with Crippen molar-refractivity contribution in [3.63, 3.8) is 0 Å². The van der Waals surface area contributed by atoms with E-state index in [9.17, 15) is 4.39 Å². The van der Waals surface area contributed by atoms with Crippen LogP contribution in [-0.4, -0.2) is 18.0 Å². The van der Waals surface area contributed by atoms with Gasteiger partial charge in [-0.25, -0.2) is 9.38 Å². The minimum Gasteiger partial charge on any atom is -0.379 e. The molecule has 0 aliphatic carbocycles. The standard InChI is InChI=1S/C11H16FN5O.ClH/c1-7(2)15-11(16-10(13)14)17-18-9-5-3-4-8(12)6-9;/h3-7H,1-2H3,(H5,13,14,15,16,17);1H. The Morgan fingerprint density at radius 1 is 1.37 bits per heavy atom. The summed E-state index contributed by atoms with van der Waals surface area (Å²) in [4.78, 5) is 13.0. The first-order valence-electron chi connectivity index (χ1n) is 5.33. The number of rotatable bonds is 3. The Labute approximate surface area is 117 Å². The molecule has 1 rings (SSSR count). The van der Waals surface area contributed by atoms with Crippen LogP contribution in [0.2, 0.25) is 0 Å². The highest BCUT2D eigenvalue weighted by Crippen LogP contribution is 2.10. The fourth-order valence-corrected chi connectivity index (χ4v) is 1.08. The lowest BCUT2D eigenvalue weighted by Crippen LogP contribution is -2.32. The van der Waals surface area contributed by atoms with Crippen molar-refractivity contribution in [2.24, 2.45) is 21.5 Å². The van der Waals surface area contributed by atoms with Gasteiger partial charge in [0.2, 0.25) is 0 Å². The molecule has 0 aromatic heterocycles. The molecule has 6 nitrogen and oxygen atoms in total. The minimum absolute atomic E-state index is 0. The summed E-state index contributed by atoms with van der Waals surface area (Å²) < 4.78 is 12.9. The van der Waals surface area contributed by atoms with E-state index in [0.717, 1.165) is 0 Å². The molecule has 0 aliphatic rings. The van der Waals surface area contributed by atoms with Crippen molar-refractivity contribution < 1.29 is 9.23 Å². The quantitative estimate of drug-likeness (QED) is 0.442. The van der Waals surface area contributed by atoms with E-state index < -0.39 is 5.82 Å². The molecule has 106 valence electrons. The summed E-state index contributed by atoms with van der Waals surface area (Å²) in [5, 5.41) is 0. The summed E-state index contributed by atoms with van der Waals surface area (Å²) in [6, 6.07) is 5.61. The predicted octanol–water partition coefficient (Wildman–Crippen LogP) is 1.17. The Hall–Kier alpha value is -2.02. The average Bonchev–Trinajstić information content (AvgIpc) is 2.24. The van der Waals surface area contributed by atoms with Gasteiger partial charge in [-0.15, -0.1) is 12.4 Å². The summed E-state index contributed by atoms with van der Waals surface area (Å²) >= 11 is 0. The lowest BCUT2D eigenvalue weighted by Gasteiger charge is -2.08. The molecule has 1 aromatic carbocycles. The van der Waals surface area contributed by atoms with Crippen LogP contribution in [0.1, 0.15) is 13.8 Å². The van der Waals surface area contributed by atoms with Gasteiger partial charge in [-0.3, -0.25) is 0 Å². The van der Waals surface area contributed by atoms with Crippen LogP contribution in [0, 0.1) is 5.82 Å². The number of nitrogens with two attached hydrogens (primary N) is 2. The van der Waals surface area contributed by atoms with Gasteiger partial charge in [0.25, 0.3) is 5.96 Å². The van der Waals surface area contributed by atoms with Gasteiger partial charge in [0.05, 0.1) is 0 Å². The van der Waals surface area contributed by atoms with Crippen molar-refractivity contribution >= 4 is 24.3 Å². The Morgan fingerprint density at radius 3 is 2.58 bits per heavy atom. The van der Waals surface area contributed by atoms with E-state index in [1.807, 2.05) is 13.8 Å².